The minimum atomic E-state index is 0. The summed E-state index contributed by atoms with van der Waals surface area (Å²) in [5.41, 5.74) is 0. The van der Waals surface area contributed by atoms with Crippen molar-refractivity contribution >= 4 is 17.0 Å². The summed E-state index contributed by atoms with van der Waals surface area (Å²) in [6.45, 7) is 0. The van der Waals surface area contributed by atoms with Gasteiger partial charge in [0.15, 0.2) is 0 Å². The second kappa shape index (κ2) is 16.8. The molecule has 0 aliphatic carbocycles. The minimum Gasteiger partial charge on any atom is -0.412 e. The third-order valence-corrected chi connectivity index (χ3v) is 0. The van der Waals surface area contributed by atoms with Gasteiger partial charge in [0.1, 0.15) is 0 Å². The average Bonchev–Trinajstić information content (AvgIpc) is 0. The number of hydrogen-bond donors (Lipinski definition) is 0. The van der Waals surface area contributed by atoms with Gasteiger partial charge in [-0.3, -0.25) is 0 Å². The van der Waals surface area contributed by atoms with Gasteiger partial charge in [-0.05, 0) is 0 Å². The Kier molecular flexibility index (Phi) is 119. The van der Waals surface area contributed by atoms with Crippen molar-refractivity contribution in [1.29, 1.82) is 0 Å². The number of halogens is 1. The molecule has 0 spiro atoms. The Morgan fingerprint density at radius 2 is 1.00 bits per heavy atom. The summed E-state index contributed by atoms with van der Waals surface area (Å²) in [6.07, 6.45) is 0. The molecule has 0 aromatic carbocycles. The van der Waals surface area contributed by atoms with Gasteiger partial charge in [-0.25, -0.2) is 0 Å². The fourth-order valence-corrected chi connectivity index (χ4v) is 0. The van der Waals surface area contributed by atoms with Gasteiger partial charge in [0.2, 0.25) is 0 Å². The Morgan fingerprint density at radius 3 is 1.00 bits per heavy atom. The number of hydrogen-bond acceptors (Lipinski definition) is 0. The standard InChI is InChI=1S/BrH.La.H2O.Tb/h1H;;1H2;. The van der Waals surface area contributed by atoms with Crippen LogP contribution in [0, 0.1) is 74.2 Å². The van der Waals surface area contributed by atoms with E-state index in [2.05, 4.69) is 0 Å². The third-order valence-electron chi connectivity index (χ3n) is 0. The van der Waals surface area contributed by atoms with Crippen LogP contribution in [0.4, 0.5) is 0 Å². The van der Waals surface area contributed by atoms with Crippen LogP contribution in [0.15, 0.2) is 0 Å². The second-order valence-electron chi connectivity index (χ2n) is 0. The van der Waals surface area contributed by atoms with Gasteiger partial charge in [0.25, 0.3) is 0 Å². The molecule has 0 aromatic rings. The van der Waals surface area contributed by atoms with Gasteiger partial charge in [-0.1, -0.05) is 0 Å². The molecule has 0 heterocycles. The predicted octanol–water partition coefficient (Wildman–Crippen LogP) is -0.247. The summed E-state index contributed by atoms with van der Waals surface area (Å²) < 4.78 is 0. The van der Waals surface area contributed by atoms with E-state index < -0.39 is 0 Å². The smallest absolute Gasteiger partial charge is 0 e. The van der Waals surface area contributed by atoms with Crippen LogP contribution in [0.25, 0.3) is 0 Å². The van der Waals surface area contributed by atoms with Gasteiger partial charge in [-0.2, -0.15) is 0 Å². The molecule has 0 atom stereocenters. The molecule has 0 aliphatic heterocycles. The first-order valence-corrected chi connectivity index (χ1v) is 0. The molecule has 0 amide bonds. The Bertz CT molecular complexity index is 8.00. The molecule has 0 saturated carbocycles. The monoisotopic (exact) mass is 396 g/mol. The second-order valence-corrected chi connectivity index (χ2v) is 0. The Hall–Kier alpha value is 2.92. The Balaban J connectivity index is 0. The molecule has 0 saturated heterocycles. The zero-order chi connectivity index (χ0) is 0. The van der Waals surface area contributed by atoms with Crippen LogP contribution >= 0.6 is 17.0 Å². The van der Waals surface area contributed by atoms with Gasteiger partial charge in [0, 0.05) is 74.2 Å². The average molecular weight is 397 g/mol. The van der Waals surface area contributed by atoms with Crippen molar-refractivity contribution in [3.63, 3.8) is 0 Å². The molecule has 4 heteroatoms. The van der Waals surface area contributed by atoms with E-state index >= 15 is 0 Å². The van der Waals surface area contributed by atoms with Gasteiger partial charge >= 0.3 is 0 Å². The minimum absolute atomic E-state index is 0. The summed E-state index contributed by atoms with van der Waals surface area (Å²) >= 11 is 0. The van der Waals surface area contributed by atoms with Crippen molar-refractivity contribution in [3.05, 3.63) is 0 Å². The molecule has 2 N–H and O–H groups in total. The summed E-state index contributed by atoms with van der Waals surface area (Å²) in [6, 6.07) is 0. The summed E-state index contributed by atoms with van der Waals surface area (Å²) in [7, 11) is 0. The van der Waals surface area contributed by atoms with E-state index in [1.807, 2.05) is 0 Å². The fourth-order valence-electron chi connectivity index (χ4n) is 0. The van der Waals surface area contributed by atoms with E-state index in [1.165, 1.54) is 0 Å². The normalized spacial score (nSPS) is 0. The first-order chi connectivity index (χ1) is 0. The van der Waals surface area contributed by atoms with Crippen LogP contribution in [0.1, 0.15) is 0 Å². The van der Waals surface area contributed by atoms with E-state index in [-0.39, 0.29) is 96.7 Å². The maximum absolute atomic E-state index is 0. The van der Waals surface area contributed by atoms with Crippen molar-refractivity contribution in [2.75, 3.05) is 0 Å². The molecule has 0 rings (SSSR count). The molecule has 0 bridgehead atoms. The molecule has 4 heavy (non-hydrogen) atoms. The van der Waals surface area contributed by atoms with Crippen molar-refractivity contribution in [2.45, 2.75) is 0 Å². The van der Waals surface area contributed by atoms with Crippen LogP contribution in [-0.2, 0) is 0 Å². The van der Waals surface area contributed by atoms with Crippen molar-refractivity contribution in [3.8, 4) is 0 Å². The third kappa shape index (κ3) is 8.87. The van der Waals surface area contributed by atoms with Crippen molar-refractivity contribution in [1.82, 2.24) is 0 Å². The van der Waals surface area contributed by atoms with E-state index in [0.717, 1.165) is 0 Å². The topological polar surface area (TPSA) is 31.5 Å². The molecule has 0 aliphatic rings. The van der Waals surface area contributed by atoms with Crippen LogP contribution in [0.5, 0.6) is 0 Å². The van der Waals surface area contributed by atoms with Crippen LogP contribution in [-0.4, -0.2) is 5.48 Å². The fraction of sp³-hybridized carbons (Fsp3) is 0. The molecular weight excluding hydrogens is 394 g/mol. The Morgan fingerprint density at radius 1 is 1.00 bits per heavy atom. The van der Waals surface area contributed by atoms with Gasteiger partial charge < -0.3 is 5.48 Å². The summed E-state index contributed by atoms with van der Waals surface area (Å²) in [5, 5.41) is 0. The molecule has 0 aromatic heterocycles. The van der Waals surface area contributed by atoms with Crippen molar-refractivity contribution < 1.29 is 79.7 Å². The predicted molar refractivity (Wildman–Crippen MR) is 13.9 cm³/mol. The largest absolute Gasteiger partial charge is 0.412 e. The zero-order valence-corrected chi connectivity index (χ0v) is 9.30. The quantitative estimate of drug-likeness (QED) is 0.541. The van der Waals surface area contributed by atoms with Gasteiger partial charge in [0.05, 0.1) is 0 Å². The molecule has 0 fully saturated rings. The maximum Gasteiger partial charge on any atom is 0 e. The summed E-state index contributed by atoms with van der Waals surface area (Å²) in [4.78, 5) is 0. The first-order valence-electron chi connectivity index (χ1n) is 0. The van der Waals surface area contributed by atoms with Crippen LogP contribution in [0.3, 0.4) is 0 Å². The number of rotatable bonds is 0. The van der Waals surface area contributed by atoms with Gasteiger partial charge in [-0.15, -0.1) is 17.0 Å². The van der Waals surface area contributed by atoms with Crippen LogP contribution in [0.2, 0.25) is 0 Å². The molecule has 0 unspecified atom stereocenters. The van der Waals surface area contributed by atoms with E-state index in [4.69, 9.17) is 0 Å². The molecule has 2 radical (unpaired) electrons. The summed E-state index contributed by atoms with van der Waals surface area (Å²) in [5.74, 6) is 0. The molecule has 1 nitrogen and oxygen atoms in total. The zero-order valence-electron chi connectivity index (χ0n) is 1.82. The van der Waals surface area contributed by atoms with E-state index in [1.54, 1.807) is 0 Å². The maximum atomic E-state index is 0. The van der Waals surface area contributed by atoms with Crippen molar-refractivity contribution in [2.24, 2.45) is 0 Å². The van der Waals surface area contributed by atoms with Crippen LogP contribution < -0.4 is 0 Å². The SMILES string of the molecule is Br.O.[La].[Tb]. The Labute approximate surface area is 94.4 Å². The molecular formula is H3BrLaOTb. The molecule has 28 valence electrons. The van der Waals surface area contributed by atoms with E-state index in [0.29, 0.717) is 0 Å². The van der Waals surface area contributed by atoms with E-state index in [9.17, 15) is 0 Å². The first kappa shape index (κ1) is 28.4.